The fourth-order valence-electron chi connectivity index (χ4n) is 2.47. The molecule has 24 heavy (non-hydrogen) atoms. The van der Waals surface area contributed by atoms with Crippen LogP contribution < -0.4 is 5.32 Å². The lowest BCUT2D eigenvalue weighted by molar-refractivity contribution is 0.0951. The van der Waals surface area contributed by atoms with Gasteiger partial charge in [0.2, 0.25) is 0 Å². The quantitative estimate of drug-likeness (QED) is 0.728. The van der Waals surface area contributed by atoms with Crippen molar-refractivity contribution < 1.29 is 9.90 Å². The Morgan fingerprint density at radius 1 is 0.958 bits per heavy atom. The third-order valence-electron chi connectivity index (χ3n) is 3.70. The molecule has 3 rings (SSSR count). The Bertz CT molecular complexity index is 845. The molecule has 0 aliphatic carbocycles. The average molecular weight is 338 g/mol. The number of hydrogen-bond acceptors (Lipinski definition) is 2. The van der Waals surface area contributed by atoms with Crippen molar-refractivity contribution in [2.75, 3.05) is 0 Å². The smallest absolute Gasteiger partial charge is 0.252 e. The minimum absolute atomic E-state index is 0.0533. The summed E-state index contributed by atoms with van der Waals surface area (Å²) in [6, 6.07) is 21.7. The maximum Gasteiger partial charge on any atom is 0.252 e. The van der Waals surface area contributed by atoms with Gasteiger partial charge in [-0.05, 0) is 47.0 Å². The fraction of sp³-hybridized carbons (Fsp3) is 0.0500. The van der Waals surface area contributed by atoms with Gasteiger partial charge in [0.15, 0.2) is 0 Å². The molecule has 3 aromatic carbocycles. The molecule has 0 radical (unpaired) electrons. The van der Waals surface area contributed by atoms with Gasteiger partial charge in [-0.25, -0.2) is 0 Å². The van der Waals surface area contributed by atoms with Crippen LogP contribution in [-0.4, -0.2) is 11.0 Å². The van der Waals surface area contributed by atoms with Crippen LogP contribution in [0.1, 0.15) is 15.9 Å². The Morgan fingerprint density at radius 2 is 1.67 bits per heavy atom. The molecule has 0 saturated heterocycles. The Hall–Kier alpha value is -2.78. The highest BCUT2D eigenvalue weighted by atomic mass is 35.5. The summed E-state index contributed by atoms with van der Waals surface area (Å²) in [5, 5.41) is 13.3. The van der Waals surface area contributed by atoms with Gasteiger partial charge in [-0.1, -0.05) is 54.1 Å². The highest BCUT2D eigenvalue weighted by Crippen LogP contribution is 2.28. The van der Waals surface area contributed by atoms with E-state index in [1.807, 2.05) is 42.5 Å². The van der Waals surface area contributed by atoms with E-state index in [1.54, 1.807) is 24.3 Å². The first kappa shape index (κ1) is 16.1. The summed E-state index contributed by atoms with van der Waals surface area (Å²) >= 11 is 5.92. The summed E-state index contributed by atoms with van der Waals surface area (Å²) < 4.78 is 0. The molecule has 0 atom stereocenters. The maximum absolute atomic E-state index is 12.6. The third-order valence-corrected chi connectivity index (χ3v) is 3.95. The highest BCUT2D eigenvalue weighted by molar-refractivity contribution is 6.30. The van der Waals surface area contributed by atoms with Crippen LogP contribution in [0.4, 0.5) is 0 Å². The Labute approximate surface area is 145 Å². The minimum atomic E-state index is -0.236. The SMILES string of the molecule is O=C(NCc1ccccc1)c1cc(O)ccc1-c1ccc(Cl)cc1. The van der Waals surface area contributed by atoms with E-state index < -0.39 is 0 Å². The molecule has 0 aliphatic rings. The number of carbonyl (C=O) groups is 1. The second kappa shape index (κ2) is 7.20. The molecule has 0 saturated carbocycles. The van der Waals surface area contributed by atoms with Gasteiger partial charge in [-0.2, -0.15) is 0 Å². The van der Waals surface area contributed by atoms with E-state index >= 15 is 0 Å². The highest BCUT2D eigenvalue weighted by Gasteiger charge is 2.14. The number of nitrogens with one attached hydrogen (secondary N) is 1. The Kier molecular flexibility index (Phi) is 4.82. The molecule has 120 valence electrons. The number of benzene rings is 3. The van der Waals surface area contributed by atoms with E-state index in [0.717, 1.165) is 16.7 Å². The van der Waals surface area contributed by atoms with Crippen LogP contribution in [-0.2, 0) is 6.54 Å². The van der Waals surface area contributed by atoms with Crippen LogP contribution in [0.3, 0.4) is 0 Å². The van der Waals surface area contributed by atoms with Gasteiger partial charge in [-0.15, -0.1) is 0 Å². The van der Waals surface area contributed by atoms with E-state index in [0.29, 0.717) is 17.1 Å². The van der Waals surface area contributed by atoms with Crippen LogP contribution in [0.15, 0.2) is 72.8 Å². The van der Waals surface area contributed by atoms with Crippen molar-refractivity contribution in [2.45, 2.75) is 6.54 Å². The first-order valence-corrected chi connectivity index (χ1v) is 7.92. The molecule has 0 spiro atoms. The van der Waals surface area contributed by atoms with Crippen LogP contribution in [0.5, 0.6) is 5.75 Å². The zero-order valence-electron chi connectivity index (χ0n) is 12.9. The normalized spacial score (nSPS) is 10.4. The maximum atomic E-state index is 12.6. The number of carbonyl (C=O) groups excluding carboxylic acids is 1. The van der Waals surface area contributed by atoms with Crippen LogP contribution in [0, 0.1) is 0 Å². The molecule has 0 aliphatic heterocycles. The molecular formula is C20H16ClNO2. The number of aromatic hydroxyl groups is 1. The first-order valence-electron chi connectivity index (χ1n) is 7.54. The molecule has 2 N–H and O–H groups in total. The lowest BCUT2D eigenvalue weighted by Gasteiger charge is -2.11. The monoisotopic (exact) mass is 337 g/mol. The summed E-state index contributed by atoms with van der Waals surface area (Å²) in [6.07, 6.45) is 0. The topological polar surface area (TPSA) is 49.3 Å². The van der Waals surface area contributed by atoms with Crippen molar-refractivity contribution in [3.63, 3.8) is 0 Å². The molecule has 0 unspecified atom stereocenters. The molecule has 0 fully saturated rings. The van der Waals surface area contributed by atoms with Crippen LogP contribution in [0.2, 0.25) is 5.02 Å². The van der Waals surface area contributed by atoms with Crippen LogP contribution >= 0.6 is 11.6 Å². The van der Waals surface area contributed by atoms with Gasteiger partial charge in [0.1, 0.15) is 5.75 Å². The van der Waals surface area contributed by atoms with Gasteiger partial charge in [0.05, 0.1) is 5.56 Å². The van der Waals surface area contributed by atoms with Gasteiger partial charge in [-0.3, -0.25) is 4.79 Å². The lowest BCUT2D eigenvalue weighted by Crippen LogP contribution is -2.23. The van der Waals surface area contributed by atoms with E-state index in [9.17, 15) is 9.90 Å². The summed E-state index contributed by atoms with van der Waals surface area (Å²) in [5.74, 6) is -0.183. The third kappa shape index (κ3) is 3.76. The predicted octanol–water partition coefficient (Wildman–Crippen LogP) is 4.64. The fourth-order valence-corrected chi connectivity index (χ4v) is 2.60. The molecule has 0 aromatic heterocycles. The zero-order chi connectivity index (χ0) is 16.9. The molecule has 0 heterocycles. The van der Waals surface area contributed by atoms with Crippen molar-refractivity contribution in [3.05, 3.63) is 88.9 Å². The lowest BCUT2D eigenvalue weighted by atomic mass is 9.98. The molecule has 4 heteroatoms. The van der Waals surface area contributed by atoms with Crippen molar-refractivity contribution in [3.8, 4) is 16.9 Å². The van der Waals surface area contributed by atoms with Crippen molar-refractivity contribution >= 4 is 17.5 Å². The summed E-state index contributed by atoms with van der Waals surface area (Å²) in [7, 11) is 0. The van der Waals surface area contributed by atoms with Gasteiger partial charge < -0.3 is 10.4 Å². The summed E-state index contributed by atoms with van der Waals surface area (Å²) in [5.41, 5.74) is 3.05. The Morgan fingerprint density at radius 3 is 2.38 bits per heavy atom. The van der Waals surface area contributed by atoms with Crippen molar-refractivity contribution in [1.82, 2.24) is 5.32 Å². The molecular weight excluding hydrogens is 322 g/mol. The standard InChI is InChI=1S/C20H16ClNO2/c21-16-8-6-15(7-9-16)18-11-10-17(23)12-19(18)20(24)22-13-14-4-2-1-3-5-14/h1-12,23H,13H2,(H,22,24). The van der Waals surface area contributed by atoms with Crippen molar-refractivity contribution in [1.29, 1.82) is 0 Å². The van der Waals surface area contributed by atoms with Gasteiger partial charge >= 0.3 is 0 Å². The van der Waals surface area contributed by atoms with Crippen LogP contribution in [0.25, 0.3) is 11.1 Å². The summed E-state index contributed by atoms with van der Waals surface area (Å²) in [4.78, 5) is 12.6. The number of phenolic OH excluding ortho intramolecular Hbond substituents is 1. The van der Waals surface area contributed by atoms with Crippen molar-refractivity contribution in [2.24, 2.45) is 0 Å². The molecule has 3 nitrogen and oxygen atoms in total. The summed E-state index contributed by atoms with van der Waals surface area (Å²) in [6.45, 7) is 0.426. The zero-order valence-corrected chi connectivity index (χ0v) is 13.6. The second-order valence-electron chi connectivity index (χ2n) is 5.41. The molecule has 0 bridgehead atoms. The molecule has 1 amide bonds. The average Bonchev–Trinajstić information content (AvgIpc) is 2.61. The number of halogens is 1. The second-order valence-corrected chi connectivity index (χ2v) is 5.84. The number of phenols is 1. The van der Waals surface area contributed by atoms with E-state index in [2.05, 4.69) is 5.32 Å². The minimum Gasteiger partial charge on any atom is -0.508 e. The van der Waals surface area contributed by atoms with E-state index in [1.165, 1.54) is 6.07 Å². The van der Waals surface area contributed by atoms with Gasteiger partial charge in [0, 0.05) is 11.6 Å². The first-order chi connectivity index (χ1) is 11.6. The van der Waals surface area contributed by atoms with E-state index in [-0.39, 0.29) is 11.7 Å². The Balaban J connectivity index is 1.87. The van der Waals surface area contributed by atoms with E-state index in [4.69, 9.17) is 11.6 Å². The predicted molar refractivity (Wildman–Crippen MR) is 96.2 cm³/mol. The number of amides is 1. The number of hydrogen-bond donors (Lipinski definition) is 2. The largest absolute Gasteiger partial charge is 0.508 e. The molecule has 3 aromatic rings. The number of rotatable bonds is 4. The van der Waals surface area contributed by atoms with Gasteiger partial charge in [0.25, 0.3) is 5.91 Å².